The van der Waals surface area contributed by atoms with Gasteiger partial charge < -0.3 is 14.8 Å². The number of carbonyl (C=O) groups is 2. The standard InChI is InChI=1S/C16H22FNO3/c1-15(2,3)21-14(20)18-10-16(4,11-19)9-12-7-5-6-8-13(12)17/h5-8,11H,9-10H2,1-4H3,(H,18,20). The molecule has 0 aliphatic heterocycles. The highest BCUT2D eigenvalue weighted by atomic mass is 19.1. The summed E-state index contributed by atoms with van der Waals surface area (Å²) in [5.41, 5.74) is -1.05. The van der Waals surface area contributed by atoms with Gasteiger partial charge in [-0.1, -0.05) is 25.1 Å². The third kappa shape index (κ3) is 5.94. The molecule has 0 aliphatic rings. The topological polar surface area (TPSA) is 55.4 Å². The number of hydrogen-bond donors (Lipinski definition) is 1. The Morgan fingerprint density at radius 2 is 1.90 bits per heavy atom. The average Bonchev–Trinajstić information content (AvgIpc) is 2.37. The molecule has 0 fully saturated rings. The fraction of sp³-hybridized carbons (Fsp3) is 0.500. The number of rotatable bonds is 5. The zero-order valence-electron chi connectivity index (χ0n) is 12.9. The highest BCUT2D eigenvalue weighted by molar-refractivity contribution is 5.69. The van der Waals surface area contributed by atoms with E-state index in [1.165, 1.54) is 6.07 Å². The maximum absolute atomic E-state index is 13.6. The van der Waals surface area contributed by atoms with Crippen LogP contribution in [0.4, 0.5) is 9.18 Å². The summed E-state index contributed by atoms with van der Waals surface area (Å²) in [6.45, 7) is 7.02. The Morgan fingerprint density at radius 1 is 1.29 bits per heavy atom. The van der Waals surface area contributed by atoms with E-state index in [0.29, 0.717) is 5.56 Å². The second-order valence-electron chi connectivity index (χ2n) is 6.40. The molecule has 116 valence electrons. The van der Waals surface area contributed by atoms with Gasteiger partial charge in [-0.3, -0.25) is 0 Å². The van der Waals surface area contributed by atoms with Crippen LogP contribution >= 0.6 is 0 Å². The van der Waals surface area contributed by atoms with E-state index in [4.69, 9.17) is 4.74 Å². The summed E-state index contributed by atoms with van der Waals surface area (Å²) < 4.78 is 18.8. The Hall–Kier alpha value is -1.91. The minimum Gasteiger partial charge on any atom is -0.444 e. The van der Waals surface area contributed by atoms with Crippen LogP contribution in [-0.2, 0) is 16.0 Å². The number of benzene rings is 1. The molecule has 0 heterocycles. The van der Waals surface area contributed by atoms with Crippen LogP contribution in [0.25, 0.3) is 0 Å². The number of ether oxygens (including phenoxy) is 1. The second kappa shape index (κ2) is 6.70. The zero-order valence-corrected chi connectivity index (χ0v) is 12.9. The fourth-order valence-corrected chi connectivity index (χ4v) is 1.81. The van der Waals surface area contributed by atoms with E-state index < -0.39 is 17.1 Å². The summed E-state index contributed by atoms with van der Waals surface area (Å²) in [6, 6.07) is 6.29. The van der Waals surface area contributed by atoms with Crippen molar-refractivity contribution in [3.63, 3.8) is 0 Å². The van der Waals surface area contributed by atoms with Gasteiger partial charge in [-0.15, -0.1) is 0 Å². The SMILES string of the molecule is CC(C=O)(CNC(=O)OC(C)(C)C)Cc1ccccc1F. The van der Waals surface area contributed by atoms with Gasteiger partial charge in [0.25, 0.3) is 0 Å². The Labute approximate surface area is 124 Å². The number of amides is 1. The maximum Gasteiger partial charge on any atom is 0.407 e. The molecular formula is C16H22FNO3. The van der Waals surface area contributed by atoms with Crippen molar-refractivity contribution in [3.05, 3.63) is 35.6 Å². The average molecular weight is 295 g/mol. The highest BCUT2D eigenvalue weighted by Gasteiger charge is 2.27. The van der Waals surface area contributed by atoms with E-state index in [0.717, 1.165) is 6.29 Å². The molecule has 1 aromatic rings. The zero-order chi connectivity index (χ0) is 16.1. The predicted octanol–water partition coefficient (Wildman–Crippen LogP) is 3.10. The minimum atomic E-state index is -0.890. The number of nitrogens with one attached hydrogen (secondary N) is 1. The Kier molecular flexibility index (Phi) is 5.47. The highest BCUT2D eigenvalue weighted by Crippen LogP contribution is 2.21. The van der Waals surface area contributed by atoms with Crippen LogP contribution in [0.1, 0.15) is 33.3 Å². The molecule has 0 aromatic heterocycles. The molecule has 1 N–H and O–H groups in total. The van der Waals surface area contributed by atoms with Crippen LogP contribution in [0.5, 0.6) is 0 Å². The lowest BCUT2D eigenvalue weighted by molar-refractivity contribution is -0.115. The first-order chi connectivity index (χ1) is 9.65. The van der Waals surface area contributed by atoms with Crippen LogP contribution in [0.15, 0.2) is 24.3 Å². The molecule has 21 heavy (non-hydrogen) atoms. The van der Waals surface area contributed by atoms with Gasteiger partial charge in [0.1, 0.15) is 17.7 Å². The third-order valence-electron chi connectivity index (χ3n) is 2.87. The quantitative estimate of drug-likeness (QED) is 0.849. The van der Waals surface area contributed by atoms with Crippen LogP contribution in [0.2, 0.25) is 0 Å². The van der Waals surface area contributed by atoms with E-state index in [2.05, 4.69) is 5.32 Å². The normalized spacial score (nSPS) is 14.1. The van der Waals surface area contributed by atoms with Crippen molar-refractivity contribution >= 4 is 12.4 Å². The molecule has 5 heteroatoms. The predicted molar refractivity (Wildman–Crippen MR) is 78.5 cm³/mol. The number of hydrogen-bond acceptors (Lipinski definition) is 3. The monoisotopic (exact) mass is 295 g/mol. The Morgan fingerprint density at radius 3 is 2.43 bits per heavy atom. The molecule has 1 rings (SSSR count). The summed E-state index contributed by atoms with van der Waals surface area (Å²) in [7, 11) is 0. The van der Waals surface area contributed by atoms with Gasteiger partial charge in [-0.05, 0) is 38.8 Å². The summed E-state index contributed by atoms with van der Waals surface area (Å²) in [5.74, 6) is -0.358. The molecule has 0 saturated heterocycles. The Balaban J connectivity index is 2.67. The molecule has 1 unspecified atom stereocenters. The van der Waals surface area contributed by atoms with Gasteiger partial charge in [0, 0.05) is 12.0 Å². The van der Waals surface area contributed by atoms with Gasteiger partial charge in [0.05, 0.1) is 0 Å². The fourth-order valence-electron chi connectivity index (χ4n) is 1.81. The molecule has 0 bridgehead atoms. The minimum absolute atomic E-state index is 0.0831. The molecule has 0 radical (unpaired) electrons. The molecule has 1 amide bonds. The van der Waals surface area contributed by atoms with Crippen molar-refractivity contribution in [2.75, 3.05) is 6.54 Å². The maximum atomic E-state index is 13.6. The van der Waals surface area contributed by atoms with Gasteiger partial charge in [-0.25, -0.2) is 9.18 Å². The van der Waals surface area contributed by atoms with Crippen LogP contribution in [-0.4, -0.2) is 24.5 Å². The molecule has 1 aromatic carbocycles. The van der Waals surface area contributed by atoms with Crippen molar-refractivity contribution in [1.82, 2.24) is 5.32 Å². The van der Waals surface area contributed by atoms with E-state index in [9.17, 15) is 14.0 Å². The first kappa shape index (κ1) is 17.1. The van der Waals surface area contributed by atoms with Crippen molar-refractivity contribution in [2.24, 2.45) is 5.41 Å². The van der Waals surface area contributed by atoms with Crippen molar-refractivity contribution in [2.45, 2.75) is 39.7 Å². The van der Waals surface area contributed by atoms with Gasteiger partial charge in [-0.2, -0.15) is 0 Å². The van der Waals surface area contributed by atoms with Crippen molar-refractivity contribution < 1.29 is 18.7 Å². The summed E-state index contributed by atoms with van der Waals surface area (Å²) in [4.78, 5) is 22.9. The lowest BCUT2D eigenvalue weighted by Gasteiger charge is -2.25. The molecule has 4 nitrogen and oxygen atoms in total. The lowest BCUT2D eigenvalue weighted by atomic mass is 9.85. The summed E-state index contributed by atoms with van der Waals surface area (Å²) >= 11 is 0. The molecule has 0 saturated carbocycles. The van der Waals surface area contributed by atoms with Crippen LogP contribution < -0.4 is 5.32 Å². The molecule has 0 aliphatic carbocycles. The Bertz CT molecular complexity index is 510. The first-order valence-electron chi connectivity index (χ1n) is 6.82. The molecule has 1 atom stereocenters. The van der Waals surface area contributed by atoms with Gasteiger partial charge >= 0.3 is 6.09 Å². The van der Waals surface area contributed by atoms with E-state index in [-0.39, 0.29) is 18.8 Å². The van der Waals surface area contributed by atoms with Crippen molar-refractivity contribution in [3.8, 4) is 0 Å². The van der Waals surface area contributed by atoms with E-state index in [1.54, 1.807) is 45.9 Å². The number of halogens is 1. The summed E-state index contributed by atoms with van der Waals surface area (Å²) in [5, 5.41) is 2.56. The number of alkyl carbamates (subject to hydrolysis) is 1. The van der Waals surface area contributed by atoms with Crippen LogP contribution in [0, 0.1) is 11.2 Å². The van der Waals surface area contributed by atoms with E-state index >= 15 is 0 Å². The van der Waals surface area contributed by atoms with Crippen molar-refractivity contribution in [1.29, 1.82) is 0 Å². The van der Waals surface area contributed by atoms with Gasteiger partial charge in [0.15, 0.2) is 0 Å². The second-order valence-corrected chi connectivity index (χ2v) is 6.40. The molecule has 0 spiro atoms. The number of carbonyl (C=O) groups excluding carboxylic acids is 2. The van der Waals surface area contributed by atoms with Crippen LogP contribution in [0.3, 0.4) is 0 Å². The number of aldehydes is 1. The van der Waals surface area contributed by atoms with E-state index in [1.807, 2.05) is 0 Å². The first-order valence-corrected chi connectivity index (χ1v) is 6.82. The summed E-state index contributed by atoms with van der Waals surface area (Å²) in [6.07, 6.45) is 0.347. The van der Waals surface area contributed by atoms with Gasteiger partial charge in [0.2, 0.25) is 0 Å². The smallest absolute Gasteiger partial charge is 0.407 e. The lowest BCUT2D eigenvalue weighted by Crippen LogP contribution is -2.41. The third-order valence-corrected chi connectivity index (χ3v) is 2.87. The largest absolute Gasteiger partial charge is 0.444 e. The molecular weight excluding hydrogens is 273 g/mol.